The monoisotopic (exact) mass is 407 g/mol. The molecular formula is C21H14BrNO3. The van der Waals surface area contributed by atoms with Gasteiger partial charge in [0.15, 0.2) is 5.58 Å². The molecule has 128 valence electrons. The molecular weight excluding hydrogens is 394 g/mol. The zero-order valence-electron chi connectivity index (χ0n) is 13.6. The number of hydrogen-bond donors (Lipinski definition) is 1. The first-order chi connectivity index (χ1) is 12.6. The van der Waals surface area contributed by atoms with Crippen LogP contribution in [0.5, 0.6) is 0 Å². The molecule has 0 aliphatic carbocycles. The van der Waals surface area contributed by atoms with E-state index in [9.17, 15) is 4.79 Å². The third kappa shape index (κ3) is 3.13. The van der Waals surface area contributed by atoms with Crippen molar-refractivity contribution in [2.75, 3.05) is 0 Å². The Balaban J connectivity index is 1.84. The highest BCUT2D eigenvalue weighted by molar-refractivity contribution is 9.10. The summed E-state index contributed by atoms with van der Waals surface area (Å²) in [5.41, 5.74) is 4.85. The third-order valence-electron chi connectivity index (χ3n) is 4.14. The van der Waals surface area contributed by atoms with Crippen LogP contribution in [0.15, 0.2) is 75.6 Å². The predicted octanol–water partition coefficient (Wildman–Crippen LogP) is 5.55. The van der Waals surface area contributed by atoms with Gasteiger partial charge in [0.2, 0.25) is 5.89 Å². The number of aliphatic carboxylic acids is 1. The van der Waals surface area contributed by atoms with Crippen LogP contribution in [0.4, 0.5) is 0 Å². The van der Waals surface area contributed by atoms with Gasteiger partial charge in [-0.25, -0.2) is 4.98 Å². The molecule has 0 bridgehead atoms. The summed E-state index contributed by atoms with van der Waals surface area (Å²) in [4.78, 5) is 15.7. The lowest BCUT2D eigenvalue weighted by molar-refractivity contribution is -0.136. The van der Waals surface area contributed by atoms with Gasteiger partial charge in [0, 0.05) is 5.56 Å². The van der Waals surface area contributed by atoms with Crippen LogP contribution in [-0.4, -0.2) is 16.1 Å². The maximum atomic E-state index is 11.1. The molecule has 0 aliphatic heterocycles. The summed E-state index contributed by atoms with van der Waals surface area (Å²) in [7, 11) is 0. The first kappa shape index (κ1) is 16.5. The van der Waals surface area contributed by atoms with Gasteiger partial charge in [-0.2, -0.15) is 0 Å². The summed E-state index contributed by atoms with van der Waals surface area (Å²) in [5.74, 6) is -0.469. The van der Waals surface area contributed by atoms with Crippen molar-refractivity contribution >= 4 is 33.0 Å². The number of oxazole rings is 1. The maximum Gasteiger partial charge on any atom is 0.307 e. The second-order valence-corrected chi connectivity index (χ2v) is 6.77. The largest absolute Gasteiger partial charge is 0.481 e. The Bertz CT molecular complexity index is 1100. The number of carboxylic acids is 1. The first-order valence-electron chi connectivity index (χ1n) is 8.07. The lowest BCUT2D eigenvalue weighted by Gasteiger charge is -2.03. The van der Waals surface area contributed by atoms with Gasteiger partial charge in [-0.1, -0.05) is 48.5 Å². The summed E-state index contributed by atoms with van der Waals surface area (Å²) < 4.78 is 6.76. The van der Waals surface area contributed by atoms with Crippen molar-refractivity contribution in [2.45, 2.75) is 6.42 Å². The van der Waals surface area contributed by atoms with Crippen molar-refractivity contribution in [3.63, 3.8) is 0 Å². The number of carbonyl (C=O) groups is 1. The summed E-state index contributed by atoms with van der Waals surface area (Å²) >= 11 is 3.56. The fourth-order valence-electron chi connectivity index (χ4n) is 2.95. The molecule has 1 N–H and O–H groups in total. The van der Waals surface area contributed by atoms with Crippen LogP contribution in [0, 0.1) is 0 Å². The van der Waals surface area contributed by atoms with Crippen molar-refractivity contribution in [1.82, 2.24) is 4.98 Å². The fourth-order valence-corrected chi connectivity index (χ4v) is 3.48. The quantitative estimate of drug-likeness (QED) is 0.481. The average molecular weight is 408 g/mol. The summed E-state index contributed by atoms with van der Waals surface area (Å²) in [6.45, 7) is 0. The number of aromatic nitrogens is 1. The zero-order valence-corrected chi connectivity index (χ0v) is 15.2. The van der Waals surface area contributed by atoms with Crippen molar-refractivity contribution < 1.29 is 14.3 Å². The fraction of sp³-hybridized carbons (Fsp3) is 0.0476. The molecule has 0 saturated carbocycles. The highest BCUT2D eigenvalue weighted by atomic mass is 79.9. The smallest absolute Gasteiger partial charge is 0.307 e. The Morgan fingerprint density at radius 2 is 1.73 bits per heavy atom. The van der Waals surface area contributed by atoms with E-state index >= 15 is 0 Å². The molecule has 5 heteroatoms. The maximum absolute atomic E-state index is 11.1. The third-order valence-corrected chi connectivity index (χ3v) is 4.73. The SMILES string of the molecule is O=C(O)Cc1ccccc1-c1nc2cc(-c3ccccc3)cc(Br)c2o1. The van der Waals surface area contributed by atoms with E-state index in [2.05, 4.69) is 20.9 Å². The van der Waals surface area contributed by atoms with Gasteiger partial charge in [0.1, 0.15) is 5.52 Å². The van der Waals surface area contributed by atoms with E-state index in [1.165, 1.54) is 0 Å². The Hall–Kier alpha value is -2.92. The minimum Gasteiger partial charge on any atom is -0.481 e. The van der Waals surface area contributed by atoms with Gasteiger partial charge >= 0.3 is 5.97 Å². The second-order valence-electron chi connectivity index (χ2n) is 5.92. The second kappa shape index (κ2) is 6.77. The number of benzene rings is 3. The van der Waals surface area contributed by atoms with Crippen molar-refractivity contribution in [2.24, 2.45) is 0 Å². The molecule has 26 heavy (non-hydrogen) atoms. The summed E-state index contributed by atoms with van der Waals surface area (Å²) in [6.07, 6.45) is -0.0780. The molecule has 4 aromatic rings. The van der Waals surface area contributed by atoms with Gasteiger partial charge < -0.3 is 9.52 Å². The number of nitrogens with zero attached hydrogens (tertiary/aromatic N) is 1. The molecule has 0 radical (unpaired) electrons. The normalized spacial score (nSPS) is 11.0. The molecule has 0 spiro atoms. The number of fused-ring (bicyclic) bond motifs is 1. The van der Waals surface area contributed by atoms with E-state index < -0.39 is 5.97 Å². The van der Waals surface area contributed by atoms with Gasteiger partial charge in [0.05, 0.1) is 10.9 Å². The topological polar surface area (TPSA) is 63.3 Å². The van der Waals surface area contributed by atoms with Gasteiger partial charge in [0.25, 0.3) is 0 Å². The summed E-state index contributed by atoms with van der Waals surface area (Å²) in [6, 6.07) is 21.3. The minimum absolute atomic E-state index is 0.0780. The number of halogens is 1. The Morgan fingerprint density at radius 1 is 1.00 bits per heavy atom. The molecule has 3 aromatic carbocycles. The van der Waals surface area contributed by atoms with E-state index in [0.29, 0.717) is 22.6 Å². The van der Waals surface area contributed by atoms with Crippen LogP contribution < -0.4 is 0 Å². The Morgan fingerprint density at radius 3 is 2.50 bits per heavy atom. The number of hydrogen-bond acceptors (Lipinski definition) is 3. The van der Waals surface area contributed by atoms with Crippen LogP contribution in [0.25, 0.3) is 33.7 Å². The standard InChI is InChI=1S/C21H14BrNO3/c22-17-10-15(13-6-2-1-3-7-13)11-18-20(17)26-21(23-18)16-9-5-4-8-14(16)12-19(24)25/h1-11H,12H2,(H,24,25). The highest BCUT2D eigenvalue weighted by Crippen LogP contribution is 2.34. The van der Waals surface area contributed by atoms with E-state index in [4.69, 9.17) is 9.52 Å². The van der Waals surface area contributed by atoms with Crippen LogP contribution in [0.1, 0.15) is 5.56 Å². The number of carboxylic acid groups (broad SMARTS) is 1. The highest BCUT2D eigenvalue weighted by Gasteiger charge is 2.16. The van der Waals surface area contributed by atoms with Crippen molar-refractivity contribution in [3.8, 4) is 22.6 Å². The van der Waals surface area contributed by atoms with Gasteiger partial charge in [-0.3, -0.25) is 4.79 Å². The van der Waals surface area contributed by atoms with Gasteiger partial charge in [-0.05, 0) is 50.8 Å². The lowest BCUT2D eigenvalue weighted by atomic mass is 10.0. The first-order valence-corrected chi connectivity index (χ1v) is 8.87. The van der Waals surface area contributed by atoms with Crippen molar-refractivity contribution in [1.29, 1.82) is 0 Å². The van der Waals surface area contributed by atoms with Crippen LogP contribution >= 0.6 is 15.9 Å². The molecule has 0 aliphatic rings. The Labute approximate surface area is 158 Å². The zero-order chi connectivity index (χ0) is 18.1. The lowest BCUT2D eigenvalue weighted by Crippen LogP contribution is -2.01. The molecule has 4 rings (SSSR count). The molecule has 4 nitrogen and oxygen atoms in total. The van der Waals surface area contributed by atoms with Crippen molar-refractivity contribution in [3.05, 3.63) is 76.8 Å². The molecule has 0 saturated heterocycles. The Kier molecular flexibility index (Phi) is 4.31. The van der Waals surface area contributed by atoms with E-state index in [1.807, 2.05) is 60.7 Å². The van der Waals surface area contributed by atoms with E-state index in [1.54, 1.807) is 6.07 Å². The van der Waals surface area contributed by atoms with Crippen LogP contribution in [0.2, 0.25) is 0 Å². The molecule has 0 amide bonds. The van der Waals surface area contributed by atoms with Crippen LogP contribution in [-0.2, 0) is 11.2 Å². The van der Waals surface area contributed by atoms with Gasteiger partial charge in [-0.15, -0.1) is 0 Å². The number of rotatable bonds is 4. The van der Waals surface area contributed by atoms with E-state index in [-0.39, 0.29) is 6.42 Å². The molecule has 1 aromatic heterocycles. The predicted molar refractivity (Wildman–Crippen MR) is 104 cm³/mol. The molecule has 1 heterocycles. The molecule has 0 unspecified atom stereocenters. The molecule has 0 atom stereocenters. The molecule has 0 fully saturated rings. The van der Waals surface area contributed by atoms with E-state index in [0.717, 1.165) is 21.1 Å². The minimum atomic E-state index is -0.888. The summed E-state index contributed by atoms with van der Waals surface area (Å²) in [5, 5.41) is 9.13. The van der Waals surface area contributed by atoms with Crippen LogP contribution in [0.3, 0.4) is 0 Å². The average Bonchev–Trinajstić information content (AvgIpc) is 3.07.